The molecular formula is C27H24Cl2N4O2S2. The number of aryl methyl sites for hydroxylation is 1. The van der Waals surface area contributed by atoms with E-state index in [2.05, 4.69) is 24.0 Å². The highest BCUT2D eigenvalue weighted by Gasteiger charge is 2.30. The summed E-state index contributed by atoms with van der Waals surface area (Å²) in [4.78, 5) is 16.1. The number of hydrogen-bond acceptors (Lipinski definition) is 6. The third-order valence-electron chi connectivity index (χ3n) is 6.73. The van der Waals surface area contributed by atoms with Gasteiger partial charge in [-0.25, -0.2) is 8.97 Å². The van der Waals surface area contributed by atoms with Crippen LogP contribution in [0, 0.1) is 12.8 Å². The number of rotatable bonds is 5. The number of aromatic nitrogens is 4. The first-order valence-corrected chi connectivity index (χ1v) is 14.6. The molecule has 3 aromatic heterocycles. The lowest BCUT2D eigenvalue weighted by Gasteiger charge is -2.26. The number of hydrogen-bond donors (Lipinski definition) is 0. The van der Waals surface area contributed by atoms with E-state index in [9.17, 15) is 4.79 Å². The van der Waals surface area contributed by atoms with Crippen molar-refractivity contribution in [2.24, 2.45) is 5.92 Å². The van der Waals surface area contributed by atoms with Gasteiger partial charge in [0.1, 0.15) is 4.83 Å². The SMILES string of the molecule is Cc1ccc(-n2c(=O)c3c4c(sc3n3c(SCc5ccc(Cl)c(Cl)c5)nnc23)COC(C(C)C)C4)cc1. The Balaban J connectivity index is 1.56. The fraction of sp³-hybridized carbons (Fsp3) is 0.296. The van der Waals surface area contributed by atoms with Crippen molar-refractivity contribution in [3.63, 3.8) is 0 Å². The molecule has 4 heterocycles. The third-order valence-corrected chi connectivity index (χ3v) is 9.66. The molecule has 37 heavy (non-hydrogen) atoms. The van der Waals surface area contributed by atoms with Gasteiger partial charge in [0, 0.05) is 17.1 Å². The summed E-state index contributed by atoms with van der Waals surface area (Å²) in [6.45, 7) is 6.85. The van der Waals surface area contributed by atoms with Gasteiger partial charge in [0.25, 0.3) is 5.56 Å². The van der Waals surface area contributed by atoms with Crippen LogP contribution in [0.4, 0.5) is 0 Å². The van der Waals surface area contributed by atoms with Gasteiger partial charge in [0.15, 0.2) is 5.16 Å². The van der Waals surface area contributed by atoms with E-state index in [1.807, 2.05) is 47.7 Å². The molecule has 1 aliphatic heterocycles. The molecule has 0 fully saturated rings. The van der Waals surface area contributed by atoms with E-state index in [1.54, 1.807) is 33.7 Å². The minimum atomic E-state index is -0.0679. The van der Waals surface area contributed by atoms with Crippen LogP contribution in [0.2, 0.25) is 10.0 Å². The van der Waals surface area contributed by atoms with Crippen LogP contribution in [-0.4, -0.2) is 25.3 Å². The van der Waals surface area contributed by atoms with E-state index in [0.29, 0.717) is 39.3 Å². The monoisotopic (exact) mass is 570 g/mol. The number of benzene rings is 2. The van der Waals surface area contributed by atoms with E-state index in [4.69, 9.17) is 27.9 Å². The molecule has 1 unspecified atom stereocenters. The second-order valence-corrected chi connectivity index (χ2v) is 12.5. The number of ether oxygens (including phenoxy) is 1. The highest BCUT2D eigenvalue weighted by atomic mass is 35.5. The maximum atomic E-state index is 14.1. The number of halogens is 2. The lowest BCUT2D eigenvalue weighted by atomic mass is 9.96. The van der Waals surface area contributed by atoms with Crippen molar-refractivity contribution < 1.29 is 4.74 Å². The van der Waals surface area contributed by atoms with E-state index in [-0.39, 0.29) is 11.7 Å². The molecule has 0 spiro atoms. The highest BCUT2D eigenvalue weighted by molar-refractivity contribution is 7.98. The Labute approximate surface area is 232 Å². The summed E-state index contributed by atoms with van der Waals surface area (Å²) in [7, 11) is 0. The molecular weight excluding hydrogens is 547 g/mol. The van der Waals surface area contributed by atoms with Crippen molar-refractivity contribution in [3.05, 3.63) is 84.4 Å². The molecule has 5 aromatic rings. The van der Waals surface area contributed by atoms with Gasteiger partial charge in [0.2, 0.25) is 5.78 Å². The molecule has 0 N–H and O–H groups in total. The molecule has 190 valence electrons. The zero-order valence-corrected chi connectivity index (χ0v) is 23.6. The predicted molar refractivity (Wildman–Crippen MR) is 152 cm³/mol. The van der Waals surface area contributed by atoms with Crippen LogP contribution < -0.4 is 5.56 Å². The van der Waals surface area contributed by atoms with Crippen molar-refractivity contribution >= 4 is 62.3 Å². The predicted octanol–water partition coefficient (Wildman–Crippen LogP) is 7.10. The van der Waals surface area contributed by atoms with Crippen LogP contribution in [0.5, 0.6) is 0 Å². The minimum Gasteiger partial charge on any atom is -0.372 e. The van der Waals surface area contributed by atoms with Crippen molar-refractivity contribution in [2.75, 3.05) is 0 Å². The number of thioether (sulfide) groups is 1. The summed E-state index contributed by atoms with van der Waals surface area (Å²) in [6.07, 6.45) is 0.799. The van der Waals surface area contributed by atoms with Gasteiger partial charge >= 0.3 is 0 Å². The zero-order valence-electron chi connectivity index (χ0n) is 20.5. The van der Waals surface area contributed by atoms with Crippen molar-refractivity contribution in [3.8, 4) is 5.69 Å². The summed E-state index contributed by atoms with van der Waals surface area (Å²) in [5.41, 5.74) is 3.94. The number of thiophene rings is 1. The van der Waals surface area contributed by atoms with Crippen LogP contribution in [-0.2, 0) is 23.5 Å². The molecule has 1 aliphatic rings. The fourth-order valence-corrected chi connectivity index (χ4v) is 7.16. The van der Waals surface area contributed by atoms with Crippen LogP contribution in [0.1, 0.15) is 35.4 Å². The van der Waals surface area contributed by atoms with Gasteiger partial charge in [-0.2, -0.15) is 0 Å². The maximum absolute atomic E-state index is 14.1. The first-order chi connectivity index (χ1) is 17.8. The molecule has 0 bridgehead atoms. The third kappa shape index (κ3) is 4.38. The molecule has 2 aromatic carbocycles. The van der Waals surface area contributed by atoms with Crippen LogP contribution in [0.3, 0.4) is 0 Å². The Kier molecular flexibility index (Phi) is 6.57. The van der Waals surface area contributed by atoms with Crippen molar-refractivity contribution in [1.29, 1.82) is 0 Å². The van der Waals surface area contributed by atoms with Crippen LogP contribution >= 0.6 is 46.3 Å². The maximum Gasteiger partial charge on any atom is 0.268 e. The summed E-state index contributed by atoms with van der Waals surface area (Å²) in [5.74, 6) is 1.49. The van der Waals surface area contributed by atoms with Gasteiger partial charge in [-0.15, -0.1) is 21.5 Å². The Bertz CT molecular complexity index is 1710. The average molecular weight is 572 g/mol. The molecule has 6 rings (SSSR count). The molecule has 10 heteroatoms. The number of fused-ring (bicyclic) bond motifs is 5. The van der Waals surface area contributed by atoms with Gasteiger partial charge in [-0.3, -0.25) is 4.79 Å². The minimum absolute atomic E-state index is 0.0679. The van der Waals surface area contributed by atoms with E-state index < -0.39 is 0 Å². The quantitative estimate of drug-likeness (QED) is 0.211. The molecule has 1 atom stereocenters. The fourth-order valence-electron chi connectivity index (χ4n) is 4.66. The normalized spacial score (nSPS) is 15.7. The lowest BCUT2D eigenvalue weighted by Crippen LogP contribution is -2.28. The van der Waals surface area contributed by atoms with E-state index in [1.165, 1.54) is 0 Å². The Hall–Kier alpha value is -2.36. The average Bonchev–Trinajstić information content (AvgIpc) is 3.47. The molecule has 6 nitrogen and oxygen atoms in total. The largest absolute Gasteiger partial charge is 0.372 e. The van der Waals surface area contributed by atoms with Gasteiger partial charge < -0.3 is 4.74 Å². The second kappa shape index (κ2) is 9.75. The molecule has 0 saturated carbocycles. The topological polar surface area (TPSA) is 61.4 Å². The first-order valence-electron chi connectivity index (χ1n) is 12.0. The van der Waals surface area contributed by atoms with E-state index in [0.717, 1.165) is 43.9 Å². The van der Waals surface area contributed by atoms with E-state index >= 15 is 0 Å². The van der Waals surface area contributed by atoms with Gasteiger partial charge in [-0.1, -0.05) is 72.6 Å². The molecule has 0 radical (unpaired) electrons. The summed E-state index contributed by atoms with van der Waals surface area (Å²) in [6, 6.07) is 13.5. The number of nitrogens with zero attached hydrogens (tertiary/aromatic N) is 4. The van der Waals surface area contributed by atoms with Crippen LogP contribution in [0.15, 0.2) is 52.4 Å². The van der Waals surface area contributed by atoms with Crippen molar-refractivity contribution in [1.82, 2.24) is 19.2 Å². The smallest absolute Gasteiger partial charge is 0.268 e. The van der Waals surface area contributed by atoms with Gasteiger partial charge in [-0.05, 0) is 48.2 Å². The molecule has 0 saturated heterocycles. The lowest BCUT2D eigenvalue weighted by molar-refractivity contribution is 0.00200. The van der Waals surface area contributed by atoms with Gasteiger partial charge in [0.05, 0.1) is 33.8 Å². The Morgan fingerprint density at radius 3 is 2.65 bits per heavy atom. The zero-order chi connectivity index (χ0) is 25.8. The first kappa shape index (κ1) is 24.9. The summed E-state index contributed by atoms with van der Waals surface area (Å²) in [5, 5.41) is 11.5. The second-order valence-electron chi connectivity index (χ2n) is 9.61. The van der Waals surface area contributed by atoms with Crippen molar-refractivity contribution in [2.45, 2.75) is 50.8 Å². The standard InChI is InChI=1S/C27H24Cl2N4O2S2/c1-14(2)21-11-18-22(12-35-21)37-25-23(18)24(34)32(17-7-4-15(3)5-8-17)26-30-31-27(33(25)26)36-13-16-6-9-19(28)20(29)10-16/h4-10,14,21H,11-13H2,1-3H3. The molecule has 0 aliphatic carbocycles. The summed E-state index contributed by atoms with van der Waals surface area (Å²) >= 11 is 15.5. The highest BCUT2D eigenvalue weighted by Crippen LogP contribution is 2.38. The Morgan fingerprint density at radius 2 is 1.92 bits per heavy atom. The molecule has 0 amide bonds. The summed E-state index contributed by atoms with van der Waals surface area (Å²) < 4.78 is 9.85. The van der Waals surface area contributed by atoms with Crippen LogP contribution in [0.25, 0.3) is 21.7 Å². The Morgan fingerprint density at radius 1 is 1.14 bits per heavy atom.